The fourth-order valence-corrected chi connectivity index (χ4v) is 4.22. The monoisotopic (exact) mass is 270 g/mol. The molecule has 1 aromatic heterocycles. The first-order valence-corrected chi connectivity index (χ1v) is 7.94. The SMILES string of the molecule is CNc1ncc(C)c(NCC2CSCCS2)n1. The molecule has 0 bridgehead atoms. The quantitative estimate of drug-likeness (QED) is 0.874. The van der Waals surface area contributed by atoms with Gasteiger partial charge in [0, 0.05) is 47.9 Å². The molecule has 4 nitrogen and oxygen atoms in total. The van der Waals surface area contributed by atoms with Crippen molar-refractivity contribution in [3.05, 3.63) is 11.8 Å². The number of rotatable bonds is 4. The predicted molar refractivity (Wildman–Crippen MR) is 78.4 cm³/mol. The Morgan fingerprint density at radius 2 is 2.35 bits per heavy atom. The highest BCUT2D eigenvalue weighted by Crippen LogP contribution is 2.24. The molecular formula is C11H18N4S2. The van der Waals surface area contributed by atoms with Crippen LogP contribution in [0.15, 0.2) is 6.20 Å². The van der Waals surface area contributed by atoms with Crippen LogP contribution in [0, 0.1) is 6.92 Å². The van der Waals surface area contributed by atoms with Crippen molar-refractivity contribution in [2.45, 2.75) is 12.2 Å². The fraction of sp³-hybridized carbons (Fsp3) is 0.636. The molecular weight excluding hydrogens is 252 g/mol. The first-order valence-electron chi connectivity index (χ1n) is 5.74. The molecule has 2 heterocycles. The van der Waals surface area contributed by atoms with Crippen LogP contribution in [0.5, 0.6) is 0 Å². The van der Waals surface area contributed by atoms with E-state index in [1.54, 1.807) is 0 Å². The van der Waals surface area contributed by atoms with Gasteiger partial charge in [0.15, 0.2) is 0 Å². The third kappa shape index (κ3) is 3.67. The molecule has 2 N–H and O–H groups in total. The number of anilines is 2. The van der Waals surface area contributed by atoms with Crippen molar-refractivity contribution in [1.82, 2.24) is 9.97 Å². The highest BCUT2D eigenvalue weighted by atomic mass is 32.2. The molecule has 1 aliphatic rings. The van der Waals surface area contributed by atoms with Gasteiger partial charge in [0.1, 0.15) is 5.82 Å². The Labute approximate surface area is 111 Å². The predicted octanol–water partition coefficient (Wildman–Crippen LogP) is 2.09. The van der Waals surface area contributed by atoms with Crippen LogP contribution in [0.2, 0.25) is 0 Å². The summed E-state index contributed by atoms with van der Waals surface area (Å²) in [5, 5.41) is 7.09. The lowest BCUT2D eigenvalue weighted by Crippen LogP contribution is -2.24. The molecule has 17 heavy (non-hydrogen) atoms. The van der Waals surface area contributed by atoms with E-state index >= 15 is 0 Å². The van der Waals surface area contributed by atoms with Crippen molar-refractivity contribution in [2.24, 2.45) is 0 Å². The molecule has 2 rings (SSSR count). The molecule has 1 aliphatic heterocycles. The van der Waals surface area contributed by atoms with Crippen molar-refractivity contribution < 1.29 is 0 Å². The van der Waals surface area contributed by atoms with Gasteiger partial charge in [-0.2, -0.15) is 28.5 Å². The Bertz CT molecular complexity index is 366. The van der Waals surface area contributed by atoms with E-state index in [1.807, 2.05) is 31.9 Å². The standard InChI is InChI=1S/C11H18N4S2/c1-8-5-14-11(12-2)15-10(8)13-6-9-7-16-3-4-17-9/h5,9H,3-4,6-7H2,1-2H3,(H2,12,13,14,15). The van der Waals surface area contributed by atoms with Crippen molar-refractivity contribution in [2.75, 3.05) is 41.5 Å². The van der Waals surface area contributed by atoms with Crippen LogP contribution >= 0.6 is 23.5 Å². The minimum absolute atomic E-state index is 0.670. The smallest absolute Gasteiger partial charge is 0.224 e. The molecule has 1 atom stereocenters. The van der Waals surface area contributed by atoms with E-state index in [0.29, 0.717) is 11.2 Å². The summed E-state index contributed by atoms with van der Waals surface area (Å²) in [4.78, 5) is 8.61. The van der Waals surface area contributed by atoms with Crippen LogP contribution < -0.4 is 10.6 Å². The zero-order valence-corrected chi connectivity index (χ0v) is 11.8. The normalized spacial score (nSPS) is 20.0. The zero-order chi connectivity index (χ0) is 12.1. The van der Waals surface area contributed by atoms with E-state index < -0.39 is 0 Å². The van der Waals surface area contributed by atoms with E-state index in [-0.39, 0.29) is 0 Å². The molecule has 0 saturated carbocycles. The second-order valence-electron chi connectivity index (χ2n) is 3.92. The van der Waals surface area contributed by atoms with Crippen LogP contribution in [0.4, 0.5) is 11.8 Å². The molecule has 94 valence electrons. The van der Waals surface area contributed by atoms with Crippen LogP contribution in [-0.2, 0) is 0 Å². The summed E-state index contributed by atoms with van der Waals surface area (Å²) in [6, 6.07) is 0. The maximum Gasteiger partial charge on any atom is 0.224 e. The summed E-state index contributed by atoms with van der Waals surface area (Å²) >= 11 is 4.10. The van der Waals surface area contributed by atoms with Crippen LogP contribution in [0.3, 0.4) is 0 Å². The van der Waals surface area contributed by atoms with Crippen molar-refractivity contribution in [1.29, 1.82) is 0 Å². The zero-order valence-electron chi connectivity index (χ0n) is 10.2. The van der Waals surface area contributed by atoms with E-state index in [9.17, 15) is 0 Å². The Morgan fingerprint density at radius 1 is 1.47 bits per heavy atom. The topological polar surface area (TPSA) is 49.8 Å². The molecule has 1 aromatic rings. The van der Waals surface area contributed by atoms with Crippen molar-refractivity contribution >= 4 is 35.3 Å². The molecule has 0 aliphatic carbocycles. The van der Waals surface area contributed by atoms with Gasteiger partial charge < -0.3 is 10.6 Å². The number of aryl methyl sites for hydroxylation is 1. The average molecular weight is 270 g/mol. The Kier molecular flexibility index (Phi) is 4.79. The highest BCUT2D eigenvalue weighted by molar-refractivity contribution is 8.06. The van der Waals surface area contributed by atoms with Crippen molar-refractivity contribution in [3.63, 3.8) is 0 Å². The summed E-state index contributed by atoms with van der Waals surface area (Å²) in [6.07, 6.45) is 1.85. The van der Waals surface area contributed by atoms with Crippen LogP contribution in [0.25, 0.3) is 0 Å². The van der Waals surface area contributed by atoms with Gasteiger partial charge in [0.25, 0.3) is 0 Å². The minimum atomic E-state index is 0.670. The molecule has 0 amide bonds. The van der Waals surface area contributed by atoms with E-state index in [4.69, 9.17) is 0 Å². The molecule has 6 heteroatoms. The minimum Gasteiger partial charge on any atom is -0.369 e. The van der Waals surface area contributed by atoms with Gasteiger partial charge in [-0.25, -0.2) is 4.98 Å². The number of thioether (sulfide) groups is 2. The first-order chi connectivity index (χ1) is 8.29. The van der Waals surface area contributed by atoms with Crippen LogP contribution in [-0.4, -0.2) is 46.1 Å². The molecule has 1 unspecified atom stereocenters. The molecule has 0 spiro atoms. The maximum atomic E-state index is 4.43. The lowest BCUT2D eigenvalue weighted by molar-refractivity contribution is 0.981. The summed E-state index contributed by atoms with van der Waals surface area (Å²) < 4.78 is 0. The Balaban J connectivity index is 1.92. The fourth-order valence-electron chi connectivity index (χ4n) is 1.61. The number of aromatic nitrogens is 2. The van der Waals surface area contributed by atoms with Gasteiger partial charge in [-0.05, 0) is 6.92 Å². The third-order valence-electron chi connectivity index (χ3n) is 2.58. The van der Waals surface area contributed by atoms with Gasteiger partial charge in [-0.3, -0.25) is 0 Å². The van der Waals surface area contributed by atoms with Crippen LogP contribution in [0.1, 0.15) is 5.56 Å². The largest absolute Gasteiger partial charge is 0.369 e. The maximum absolute atomic E-state index is 4.43. The third-order valence-corrected chi connectivity index (χ3v) is 5.42. The highest BCUT2D eigenvalue weighted by Gasteiger charge is 2.14. The average Bonchev–Trinajstić information content (AvgIpc) is 2.39. The molecule has 0 aromatic carbocycles. The second kappa shape index (κ2) is 6.35. The first kappa shape index (κ1) is 12.8. The number of hydrogen-bond acceptors (Lipinski definition) is 6. The summed E-state index contributed by atoms with van der Waals surface area (Å²) in [6.45, 7) is 3.02. The van der Waals surface area contributed by atoms with Crippen molar-refractivity contribution in [3.8, 4) is 0 Å². The lowest BCUT2D eigenvalue weighted by atomic mass is 10.3. The number of hydrogen-bond donors (Lipinski definition) is 2. The number of nitrogens with one attached hydrogen (secondary N) is 2. The molecule has 0 radical (unpaired) electrons. The van der Waals surface area contributed by atoms with Gasteiger partial charge >= 0.3 is 0 Å². The molecule has 1 fully saturated rings. The van der Waals surface area contributed by atoms with Gasteiger partial charge in [0.2, 0.25) is 5.95 Å². The van der Waals surface area contributed by atoms with Gasteiger partial charge in [0.05, 0.1) is 0 Å². The Hall–Kier alpha value is -0.620. The lowest BCUT2D eigenvalue weighted by Gasteiger charge is -2.21. The Morgan fingerprint density at radius 3 is 3.06 bits per heavy atom. The van der Waals surface area contributed by atoms with E-state index in [1.165, 1.54) is 17.3 Å². The van der Waals surface area contributed by atoms with Gasteiger partial charge in [-0.1, -0.05) is 0 Å². The van der Waals surface area contributed by atoms with E-state index in [2.05, 4.69) is 32.4 Å². The molecule has 1 saturated heterocycles. The number of nitrogens with zero attached hydrogens (tertiary/aromatic N) is 2. The van der Waals surface area contributed by atoms with E-state index in [0.717, 1.165) is 17.9 Å². The summed E-state index contributed by atoms with van der Waals surface area (Å²) in [5.74, 6) is 5.41. The summed E-state index contributed by atoms with van der Waals surface area (Å²) in [7, 11) is 1.84. The second-order valence-corrected chi connectivity index (χ2v) is 6.48. The summed E-state index contributed by atoms with van der Waals surface area (Å²) in [5.41, 5.74) is 1.09. The van der Waals surface area contributed by atoms with Gasteiger partial charge in [-0.15, -0.1) is 0 Å².